The van der Waals surface area contributed by atoms with Crippen molar-refractivity contribution in [1.82, 2.24) is 0 Å². The molecule has 0 spiro atoms. The van der Waals surface area contributed by atoms with Crippen LogP contribution in [0.2, 0.25) is 0 Å². The van der Waals surface area contributed by atoms with E-state index in [0.717, 1.165) is 0 Å². The molecule has 0 aromatic rings. The Balaban J connectivity index is 3.00. The summed E-state index contributed by atoms with van der Waals surface area (Å²) in [6, 6.07) is 0. The second-order valence-electron chi connectivity index (χ2n) is 4.07. The van der Waals surface area contributed by atoms with Crippen LogP contribution in [0.15, 0.2) is 0 Å². The van der Waals surface area contributed by atoms with Crippen molar-refractivity contribution in [2.45, 2.75) is 44.1 Å². The van der Waals surface area contributed by atoms with Crippen LogP contribution in [0.4, 0.5) is 0 Å². The maximum Gasteiger partial charge on any atom is 0.384 e. The van der Waals surface area contributed by atoms with Crippen LogP contribution in [0.25, 0.3) is 0 Å². The van der Waals surface area contributed by atoms with Crippen LogP contribution in [0, 0.1) is 0 Å². The third-order valence-corrected chi connectivity index (χ3v) is 2.67. The number of esters is 1. The molecule has 0 aromatic heterocycles. The Kier molecular flexibility index (Phi) is 2.14. The molecule has 0 radical (unpaired) electrons. The molecule has 1 saturated heterocycles. The number of cyclic esters (lactones) is 1. The van der Waals surface area contributed by atoms with Crippen LogP contribution in [0.1, 0.15) is 27.7 Å². The Hall–Kier alpha value is -0.320. The van der Waals surface area contributed by atoms with Gasteiger partial charge in [0.2, 0.25) is 0 Å². The summed E-state index contributed by atoms with van der Waals surface area (Å²) in [4.78, 5) is 11.1. The quantitative estimate of drug-likeness (QED) is 0.477. The molecule has 1 N–H and O–H groups in total. The van der Waals surface area contributed by atoms with Gasteiger partial charge in [-0.15, -0.1) is 0 Å². The summed E-state index contributed by atoms with van der Waals surface area (Å²) in [5.74, 6) is -0.974. The van der Waals surface area contributed by atoms with E-state index in [4.69, 9.17) is 21.1 Å². The van der Waals surface area contributed by atoms with Gasteiger partial charge in [0.1, 0.15) is 11.2 Å². The topological polar surface area (TPSA) is 55.8 Å². The summed E-state index contributed by atoms with van der Waals surface area (Å²) < 4.78 is 9.99. The summed E-state index contributed by atoms with van der Waals surface area (Å²) in [5.41, 5.74) is -1.65. The maximum atomic E-state index is 11.1. The summed E-state index contributed by atoms with van der Waals surface area (Å²) in [5, 5.41) is 6.92. The summed E-state index contributed by atoms with van der Waals surface area (Å²) in [6.07, 6.45) is 0. The van der Waals surface area contributed by atoms with Gasteiger partial charge in [-0.3, -0.25) is 0 Å². The van der Waals surface area contributed by atoms with Gasteiger partial charge in [-0.2, -0.15) is 0 Å². The number of aliphatic hydroxyl groups is 1. The van der Waals surface area contributed by atoms with Crippen molar-refractivity contribution >= 4 is 17.6 Å². The van der Waals surface area contributed by atoms with Gasteiger partial charge in [0.05, 0.1) is 0 Å². The molecule has 76 valence electrons. The Morgan fingerprint density at radius 3 is 2.08 bits per heavy atom. The van der Waals surface area contributed by atoms with Gasteiger partial charge in [0, 0.05) is 0 Å². The number of hydrogen-bond acceptors (Lipinski definition) is 4. The fourth-order valence-electron chi connectivity index (χ4n) is 0.920. The maximum absolute atomic E-state index is 11.1. The first kappa shape index (κ1) is 10.8. The van der Waals surface area contributed by atoms with Crippen LogP contribution in [-0.4, -0.2) is 27.5 Å². The molecule has 1 heterocycles. The molecular weight excluding hydrogens is 196 g/mol. The Labute approximate surface area is 81.8 Å². The number of ether oxygens (including phenoxy) is 2. The van der Waals surface area contributed by atoms with Crippen molar-refractivity contribution in [2.75, 3.05) is 0 Å². The third-order valence-electron chi connectivity index (χ3n) is 2.44. The van der Waals surface area contributed by atoms with Gasteiger partial charge >= 0.3 is 11.2 Å². The summed E-state index contributed by atoms with van der Waals surface area (Å²) in [6.45, 7) is 6.76. The van der Waals surface area contributed by atoms with Crippen molar-refractivity contribution in [2.24, 2.45) is 0 Å². The van der Waals surface area contributed by atoms with Gasteiger partial charge in [-0.05, 0) is 39.3 Å². The van der Waals surface area contributed by atoms with E-state index in [0.29, 0.717) is 0 Å². The Morgan fingerprint density at radius 2 is 1.69 bits per heavy atom. The van der Waals surface area contributed by atoms with Crippen LogP contribution >= 0.6 is 11.6 Å². The molecule has 0 saturated carbocycles. The van der Waals surface area contributed by atoms with Crippen LogP contribution in [0.5, 0.6) is 0 Å². The van der Waals surface area contributed by atoms with Gasteiger partial charge in [-0.1, -0.05) is 0 Å². The van der Waals surface area contributed by atoms with Gasteiger partial charge < -0.3 is 14.6 Å². The van der Waals surface area contributed by atoms with Crippen LogP contribution in [-0.2, 0) is 14.3 Å². The second-order valence-corrected chi connectivity index (χ2v) is 4.59. The minimum absolute atomic E-state index is 0.814. The van der Waals surface area contributed by atoms with Crippen LogP contribution in [0.3, 0.4) is 0 Å². The zero-order valence-corrected chi connectivity index (χ0v) is 8.81. The Bertz CT molecular complexity index is 245. The highest BCUT2D eigenvalue weighted by Crippen LogP contribution is 2.39. The molecule has 0 aromatic carbocycles. The van der Waals surface area contributed by atoms with E-state index in [2.05, 4.69) is 0 Å². The van der Waals surface area contributed by atoms with Gasteiger partial charge in [0.15, 0.2) is 0 Å². The van der Waals surface area contributed by atoms with Crippen molar-refractivity contribution in [1.29, 1.82) is 0 Å². The molecular formula is C8H13ClO4. The Morgan fingerprint density at radius 1 is 1.23 bits per heavy atom. The molecule has 1 unspecified atom stereocenters. The normalized spacial score (nSPS) is 36.9. The fourth-order valence-corrected chi connectivity index (χ4v) is 1.15. The van der Waals surface area contributed by atoms with E-state index >= 15 is 0 Å². The minimum atomic E-state index is -2.36. The average Bonchev–Trinajstić information content (AvgIpc) is 1.80. The zero-order valence-electron chi connectivity index (χ0n) is 8.05. The third kappa shape index (κ3) is 1.66. The van der Waals surface area contributed by atoms with Crippen molar-refractivity contribution in [3.05, 3.63) is 0 Å². The molecule has 1 atom stereocenters. The minimum Gasteiger partial charge on any atom is -0.452 e. The summed E-state index contributed by atoms with van der Waals surface area (Å²) >= 11 is 5.39. The van der Waals surface area contributed by atoms with Crippen LogP contribution < -0.4 is 0 Å². The average molecular weight is 209 g/mol. The predicted octanol–water partition coefficient (Wildman–Crippen LogP) is 1.00. The number of halogens is 1. The number of carbonyl (C=O) groups excluding carboxylic acids is 1. The SMILES string of the molecule is CC1(C)OC(=O)C(O)(Cl)OC1(C)C. The van der Waals surface area contributed by atoms with E-state index in [9.17, 15) is 9.90 Å². The highest BCUT2D eigenvalue weighted by atomic mass is 35.5. The van der Waals surface area contributed by atoms with Gasteiger partial charge in [-0.25, -0.2) is 4.79 Å². The molecule has 13 heavy (non-hydrogen) atoms. The smallest absolute Gasteiger partial charge is 0.384 e. The summed E-state index contributed by atoms with van der Waals surface area (Å²) in [7, 11) is 0. The number of alkyl halides is 1. The monoisotopic (exact) mass is 208 g/mol. The predicted molar refractivity (Wildman–Crippen MR) is 46.1 cm³/mol. The number of carbonyl (C=O) groups is 1. The first-order valence-corrected chi connectivity index (χ1v) is 4.31. The molecule has 0 amide bonds. The molecule has 1 aliphatic rings. The first-order chi connectivity index (χ1) is 5.58. The van der Waals surface area contributed by atoms with E-state index in [-0.39, 0.29) is 0 Å². The lowest BCUT2D eigenvalue weighted by Gasteiger charge is -2.47. The van der Waals surface area contributed by atoms with E-state index in [1.54, 1.807) is 27.7 Å². The molecule has 5 heteroatoms. The van der Waals surface area contributed by atoms with Gasteiger partial charge in [0.25, 0.3) is 0 Å². The highest BCUT2D eigenvalue weighted by Gasteiger charge is 2.56. The second kappa shape index (κ2) is 2.59. The standard InChI is InChI=1S/C8H13ClO4/c1-6(2)7(3,4)13-8(9,11)5(10)12-6/h11H,1-4H3. The molecule has 1 fully saturated rings. The largest absolute Gasteiger partial charge is 0.452 e. The van der Waals surface area contributed by atoms with Crippen molar-refractivity contribution in [3.8, 4) is 0 Å². The molecule has 1 aliphatic heterocycles. The number of hydrogen-bond donors (Lipinski definition) is 1. The van der Waals surface area contributed by atoms with Crippen molar-refractivity contribution < 1.29 is 19.4 Å². The lowest BCUT2D eigenvalue weighted by Crippen LogP contribution is -2.62. The first-order valence-electron chi connectivity index (χ1n) is 3.93. The molecule has 0 aliphatic carbocycles. The molecule has 4 nitrogen and oxygen atoms in total. The molecule has 0 bridgehead atoms. The molecule has 1 rings (SSSR count). The highest BCUT2D eigenvalue weighted by molar-refractivity contribution is 6.31. The zero-order chi connectivity index (χ0) is 10.5. The lowest BCUT2D eigenvalue weighted by atomic mass is 9.88. The van der Waals surface area contributed by atoms with Crippen molar-refractivity contribution in [3.63, 3.8) is 0 Å². The van der Waals surface area contributed by atoms with E-state index in [1.165, 1.54) is 0 Å². The van der Waals surface area contributed by atoms with E-state index in [1.807, 2.05) is 0 Å². The fraction of sp³-hybridized carbons (Fsp3) is 0.875. The lowest BCUT2D eigenvalue weighted by molar-refractivity contribution is -0.303. The number of rotatable bonds is 0. The van der Waals surface area contributed by atoms with E-state index < -0.39 is 22.4 Å².